The second-order valence-corrected chi connectivity index (χ2v) is 8.96. The van der Waals surface area contributed by atoms with Crippen molar-refractivity contribution in [2.24, 2.45) is 0 Å². The lowest BCUT2D eigenvalue weighted by Gasteiger charge is -2.15. The monoisotopic (exact) mass is 533 g/mol. The standard InChI is InChI=1S/C29H28ClN3O5/c1-37-23-13-8-20(18-24(23)38-2)14-16-31-27(34)21-9-11-22(12-10-21)32-26-25(30)28(35)33(29(26)36)17-15-19-6-4-3-5-7-19/h3-13,18,32H,14-17H2,1-2H3,(H,31,34). The van der Waals surface area contributed by atoms with E-state index in [9.17, 15) is 14.4 Å². The fourth-order valence-corrected chi connectivity index (χ4v) is 4.28. The van der Waals surface area contributed by atoms with Crippen molar-refractivity contribution in [3.63, 3.8) is 0 Å². The van der Waals surface area contributed by atoms with Gasteiger partial charge in [-0.2, -0.15) is 0 Å². The summed E-state index contributed by atoms with van der Waals surface area (Å²) in [4.78, 5) is 39.1. The van der Waals surface area contributed by atoms with Gasteiger partial charge in [-0.25, -0.2) is 0 Å². The summed E-state index contributed by atoms with van der Waals surface area (Å²) in [6, 6.07) is 21.8. The normalized spacial score (nSPS) is 13.1. The van der Waals surface area contributed by atoms with Gasteiger partial charge in [-0.05, 0) is 60.4 Å². The fraction of sp³-hybridized carbons (Fsp3) is 0.207. The maximum Gasteiger partial charge on any atom is 0.278 e. The molecule has 8 nitrogen and oxygen atoms in total. The number of methoxy groups -OCH3 is 2. The first kappa shape index (κ1) is 26.8. The van der Waals surface area contributed by atoms with Crippen LogP contribution in [0.1, 0.15) is 21.5 Å². The number of nitrogens with one attached hydrogen (secondary N) is 2. The summed E-state index contributed by atoms with van der Waals surface area (Å²) in [6.45, 7) is 0.664. The summed E-state index contributed by atoms with van der Waals surface area (Å²) >= 11 is 6.20. The molecule has 0 fully saturated rings. The molecule has 196 valence electrons. The molecule has 9 heteroatoms. The maximum absolute atomic E-state index is 12.9. The van der Waals surface area contributed by atoms with Crippen LogP contribution in [0.5, 0.6) is 11.5 Å². The molecule has 0 radical (unpaired) electrons. The van der Waals surface area contributed by atoms with Gasteiger partial charge in [0.2, 0.25) is 0 Å². The number of hydrogen-bond acceptors (Lipinski definition) is 6. The highest BCUT2D eigenvalue weighted by Crippen LogP contribution is 2.28. The Kier molecular flexibility index (Phi) is 8.66. The largest absolute Gasteiger partial charge is 0.493 e. The Hall–Kier alpha value is -4.30. The second kappa shape index (κ2) is 12.3. The quantitative estimate of drug-likeness (QED) is 0.359. The smallest absolute Gasteiger partial charge is 0.278 e. The number of hydrogen-bond donors (Lipinski definition) is 2. The molecule has 2 N–H and O–H groups in total. The Labute approximate surface area is 226 Å². The van der Waals surface area contributed by atoms with Crippen LogP contribution in [0.2, 0.25) is 0 Å². The van der Waals surface area contributed by atoms with E-state index in [0.717, 1.165) is 16.0 Å². The molecule has 0 bridgehead atoms. The zero-order chi connectivity index (χ0) is 27.1. The average Bonchev–Trinajstić information content (AvgIpc) is 3.15. The van der Waals surface area contributed by atoms with E-state index >= 15 is 0 Å². The van der Waals surface area contributed by atoms with Gasteiger partial charge in [-0.15, -0.1) is 0 Å². The minimum absolute atomic E-state index is 0.0249. The zero-order valence-corrected chi connectivity index (χ0v) is 21.9. The van der Waals surface area contributed by atoms with Crippen LogP contribution < -0.4 is 20.1 Å². The van der Waals surface area contributed by atoms with Crippen LogP contribution in [0, 0.1) is 0 Å². The molecule has 38 heavy (non-hydrogen) atoms. The molecule has 0 saturated carbocycles. The van der Waals surface area contributed by atoms with Gasteiger partial charge in [0.05, 0.1) is 14.2 Å². The molecule has 0 spiro atoms. The van der Waals surface area contributed by atoms with Gasteiger partial charge >= 0.3 is 0 Å². The van der Waals surface area contributed by atoms with Gasteiger partial charge in [0.1, 0.15) is 10.7 Å². The molecule has 0 saturated heterocycles. The van der Waals surface area contributed by atoms with E-state index in [1.54, 1.807) is 38.5 Å². The number of carbonyl (C=O) groups excluding carboxylic acids is 3. The first-order valence-corrected chi connectivity index (χ1v) is 12.4. The van der Waals surface area contributed by atoms with Crippen molar-refractivity contribution in [2.45, 2.75) is 12.8 Å². The van der Waals surface area contributed by atoms with Gasteiger partial charge in [0.15, 0.2) is 11.5 Å². The molecule has 1 aliphatic rings. The van der Waals surface area contributed by atoms with Gasteiger partial charge in [0, 0.05) is 24.3 Å². The molecule has 1 aliphatic heterocycles. The molecule has 1 heterocycles. The molecular weight excluding hydrogens is 506 g/mol. The van der Waals surface area contributed by atoms with Gasteiger partial charge in [0.25, 0.3) is 17.7 Å². The van der Waals surface area contributed by atoms with Crippen molar-refractivity contribution in [3.8, 4) is 11.5 Å². The third-order valence-corrected chi connectivity index (χ3v) is 6.49. The summed E-state index contributed by atoms with van der Waals surface area (Å²) in [7, 11) is 3.16. The molecule has 0 unspecified atom stereocenters. The van der Waals surface area contributed by atoms with E-state index in [0.29, 0.717) is 42.1 Å². The van der Waals surface area contributed by atoms with Gasteiger partial charge < -0.3 is 20.1 Å². The third kappa shape index (κ3) is 6.15. The summed E-state index contributed by atoms with van der Waals surface area (Å²) in [6.07, 6.45) is 1.15. The molecule has 0 atom stereocenters. The lowest BCUT2D eigenvalue weighted by Crippen LogP contribution is -2.34. The van der Waals surface area contributed by atoms with E-state index in [1.165, 1.54) is 0 Å². The third-order valence-electron chi connectivity index (χ3n) is 6.14. The van der Waals surface area contributed by atoms with Gasteiger partial charge in [-0.3, -0.25) is 19.3 Å². The number of anilines is 1. The second-order valence-electron chi connectivity index (χ2n) is 8.58. The number of benzene rings is 3. The van der Waals surface area contributed by atoms with E-state index in [-0.39, 0.29) is 23.2 Å². The lowest BCUT2D eigenvalue weighted by atomic mass is 10.1. The Morgan fingerprint density at radius 1 is 0.842 bits per heavy atom. The molecular formula is C29H28ClN3O5. The topological polar surface area (TPSA) is 97.0 Å². The Balaban J connectivity index is 1.31. The molecule has 3 aromatic rings. The number of halogens is 1. The number of nitrogens with zero attached hydrogens (tertiary/aromatic N) is 1. The van der Waals surface area contributed by atoms with Crippen molar-refractivity contribution >= 4 is 35.0 Å². The highest BCUT2D eigenvalue weighted by Gasteiger charge is 2.37. The van der Waals surface area contributed by atoms with Crippen LogP contribution in [0.4, 0.5) is 5.69 Å². The maximum atomic E-state index is 12.9. The number of rotatable bonds is 11. The number of ether oxygens (including phenoxy) is 2. The van der Waals surface area contributed by atoms with Crippen LogP contribution in [0.25, 0.3) is 0 Å². The number of amides is 3. The van der Waals surface area contributed by atoms with Crippen LogP contribution >= 0.6 is 11.6 Å². The fourth-order valence-electron chi connectivity index (χ4n) is 4.05. The molecule has 3 amide bonds. The summed E-state index contributed by atoms with van der Waals surface area (Å²) < 4.78 is 10.6. The van der Waals surface area contributed by atoms with E-state index in [4.69, 9.17) is 21.1 Å². The lowest BCUT2D eigenvalue weighted by molar-refractivity contribution is -0.137. The van der Waals surface area contributed by atoms with Crippen LogP contribution in [0.3, 0.4) is 0 Å². The van der Waals surface area contributed by atoms with Crippen LogP contribution in [-0.2, 0) is 22.4 Å². The van der Waals surface area contributed by atoms with E-state index in [1.807, 2.05) is 48.5 Å². The predicted molar refractivity (Wildman–Crippen MR) is 145 cm³/mol. The van der Waals surface area contributed by atoms with Crippen LogP contribution in [0.15, 0.2) is 83.5 Å². The Bertz CT molecular complexity index is 1360. The predicted octanol–water partition coefficient (Wildman–Crippen LogP) is 4.15. The van der Waals surface area contributed by atoms with Crippen molar-refractivity contribution in [1.82, 2.24) is 10.2 Å². The molecule has 4 rings (SSSR count). The average molecular weight is 534 g/mol. The summed E-state index contributed by atoms with van der Waals surface area (Å²) in [5.74, 6) is 0.0490. The summed E-state index contributed by atoms with van der Waals surface area (Å²) in [5.41, 5.74) is 3.04. The SMILES string of the molecule is COc1ccc(CCNC(=O)c2ccc(NC3=C(Cl)C(=O)N(CCc4ccccc4)C3=O)cc2)cc1OC. The van der Waals surface area contributed by atoms with E-state index in [2.05, 4.69) is 10.6 Å². The van der Waals surface area contributed by atoms with Crippen molar-refractivity contribution < 1.29 is 23.9 Å². The first-order chi connectivity index (χ1) is 18.4. The minimum atomic E-state index is -0.527. The molecule has 3 aromatic carbocycles. The molecule has 0 aromatic heterocycles. The highest BCUT2D eigenvalue weighted by atomic mass is 35.5. The Morgan fingerprint density at radius 2 is 1.55 bits per heavy atom. The minimum Gasteiger partial charge on any atom is -0.493 e. The Morgan fingerprint density at radius 3 is 2.24 bits per heavy atom. The number of carbonyl (C=O) groups is 3. The van der Waals surface area contributed by atoms with E-state index < -0.39 is 11.8 Å². The van der Waals surface area contributed by atoms with Crippen LogP contribution in [-0.4, -0.2) is 49.9 Å². The van der Waals surface area contributed by atoms with Crippen molar-refractivity contribution in [2.75, 3.05) is 32.6 Å². The van der Waals surface area contributed by atoms with Crippen molar-refractivity contribution in [1.29, 1.82) is 0 Å². The first-order valence-electron chi connectivity index (χ1n) is 12.1. The zero-order valence-electron chi connectivity index (χ0n) is 21.1. The van der Waals surface area contributed by atoms with Gasteiger partial charge in [-0.1, -0.05) is 48.0 Å². The molecule has 0 aliphatic carbocycles. The number of imide groups is 1. The summed E-state index contributed by atoms with van der Waals surface area (Å²) in [5, 5.41) is 5.67. The highest BCUT2D eigenvalue weighted by molar-refractivity contribution is 6.48. The van der Waals surface area contributed by atoms with Crippen molar-refractivity contribution in [3.05, 3.63) is 100 Å².